The largest absolute Gasteiger partial charge is 0.493 e. The van der Waals surface area contributed by atoms with Crippen molar-refractivity contribution in [1.29, 1.82) is 0 Å². The standard InChI is InChI=1S/C16H18ClNO3/c1-19-13-8-7-12(15(20-2)16(13)21-3)14(18)10-5-4-6-11(17)9-10/h4-9,14H,18H2,1-3H3. The summed E-state index contributed by atoms with van der Waals surface area (Å²) < 4.78 is 16.1. The predicted molar refractivity (Wildman–Crippen MR) is 83.6 cm³/mol. The third-order valence-corrected chi connectivity index (χ3v) is 3.51. The molecule has 2 aromatic carbocycles. The average molecular weight is 308 g/mol. The molecule has 2 rings (SSSR count). The maximum atomic E-state index is 6.34. The van der Waals surface area contributed by atoms with Crippen LogP contribution in [0.5, 0.6) is 17.2 Å². The van der Waals surface area contributed by atoms with Crippen molar-refractivity contribution in [2.75, 3.05) is 21.3 Å². The second-order valence-corrected chi connectivity index (χ2v) is 4.89. The fourth-order valence-electron chi connectivity index (χ4n) is 2.25. The highest BCUT2D eigenvalue weighted by Crippen LogP contribution is 2.42. The van der Waals surface area contributed by atoms with Crippen LogP contribution in [0.3, 0.4) is 0 Å². The highest BCUT2D eigenvalue weighted by molar-refractivity contribution is 6.30. The molecule has 0 bridgehead atoms. The Bertz CT molecular complexity index is 631. The van der Waals surface area contributed by atoms with Crippen LogP contribution in [-0.2, 0) is 0 Å². The van der Waals surface area contributed by atoms with E-state index in [0.717, 1.165) is 11.1 Å². The Kier molecular flexibility index (Phi) is 4.94. The van der Waals surface area contributed by atoms with Gasteiger partial charge in [0.05, 0.1) is 27.4 Å². The molecule has 1 unspecified atom stereocenters. The van der Waals surface area contributed by atoms with E-state index in [4.69, 9.17) is 31.5 Å². The zero-order valence-electron chi connectivity index (χ0n) is 12.2. The molecule has 0 spiro atoms. The number of hydrogen-bond donors (Lipinski definition) is 1. The van der Waals surface area contributed by atoms with E-state index in [9.17, 15) is 0 Å². The van der Waals surface area contributed by atoms with Crippen molar-refractivity contribution in [2.45, 2.75) is 6.04 Å². The Morgan fingerprint density at radius 1 is 0.952 bits per heavy atom. The van der Waals surface area contributed by atoms with E-state index in [1.54, 1.807) is 27.4 Å². The first-order valence-corrected chi connectivity index (χ1v) is 6.80. The Balaban J connectivity index is 2.53. The monoisotopic (exact) mass is 307 g/mol. The van der Waals surface area contributed by atoms with Gasteiger partial charge in [0, 0.05) is 10.6 Å². The molecule has 0 amide bonds. The highest BCUT2D eigenvalue weighted by Gasteiger charge is 2.21. The van der Waals surface area contributed by atoms with Gasteiger partial charge in [-0.15, -0.1) is 0 Å². The summed E-state index contributed by atoms with van der Waals surface area (Å²) in [6, 6.07) is 10.7. The summed E-state index contributed by atoms with van der Waals surface area (Å²) in [4.78, 5) is 0. The number of halogens is 1. The summed E-state index contributed by atoms with van der Waals surface area (Å²) in [7, 11) is 4.72. The molecule has 0 fully saturated rings. The van der Waals surface area contributed by atoms with Crippen molar-refractivity contribution in [3.8, 4) is 17.2 Å². The molecule has 21 heavy (non-hydrogen) atoms. The number of methoxy groups -OCH3 is 3. The van der Waals surface area contributed by atoms with Gasteiger partial charge in [-0.2, -0.15) is 0 Å². The van der Waals surface area contributed by atoms with Crippen LogP contribution >= 0.6 is 11.6 Å². The van der Waals surface area contributed by atoms with Crippen molar-refractivity contribution in [3.05, 3.63) is 52.5 Å². The van der Waals surface area contributed by atoms with Gasteiger partial charge in [-0.25, -0.2) is 0 Å². The van der Waals surface area contributed by atoms with Gasteiger partial charge in [-0.1, -0.05) is 23.7 Å². The first-order chi connectivity index (χ1) is 10.1. The summed E-state index contributed by atoms with van der Waals surface area (Å²) in [5.74, 6) is 1.68. The average Bonchev–Trinajstić information content (AvgIpc) is 2.52. The zero-order chi connectivity index (χ0) is 15.4. The van der Waals surface area contributed by atoms with Crippen molar-refractivity contribution in [2.24, 2.45) is 5.73 Å². The highest BCUT2D eigenvalue weighted by atomic mass is 35.5. The van der Waals surface area contributed by atoms with E-state index in [-0.39, 0.29) is 6.04 Å². The number of nitrogens with two attached hydrogens (primary N) is 1. The summed E-state index contributed by atoms with van der Waals surface area (Å²) in [5, 5.41) is 0.641. The number of hydrogen-bond acceptors (Lipinski definition) is 4. The van der Waals surface area contributed by atoms with Crippen LogP contribution in [0.25, 0.3) is 0 Å². The molecule has 4 nitrogen and oxygen atoms in total. The molecule has 0 saturated heterocycles. The van der Waals surface area contributed by atoms with Gasteiger partial charge in [0.1, 0.15) is 0 Å². The lowest BCUT2D eigenvalue weighted by molar-refractivity contribution is 0.321. The van der Waals surface area contributed by atoms with E-state index in [2.05, 4.69) is 0 Å². The zero-order valence-corrected chi connectivity index (χ0v) is 13.0. The van der Waals surface area contributed by atoms with Crippen LogP contribution in [-0.4, -0.2) is 21.3 Å². The lowest BCUT2D eigenvalue weighted by atomic mass is 9.98. The van der Waals surface area contributed by atoms with Crippen molar-refractivity contribution < 1.29 is 14.2 Å². The normalized spacial score (nSPS) is 11.9. The fourth-order valence-corrected chi connectivity index (χ4v) is 2.45. The summed E-state index contributed by atoms with van der Waals surface area (Å²) in [5.41, 5.74) is 8.04. The third kappa shape index (κ3) is 3.06. The number of ether oxygens (including phenoxy) is 3. The second-order valence-electron chi connectivity index (χ2n) is 4.46. The molecule has 0 aromatic heterocycles. The SMILES string of the molecule is COc1ccc(C(N)c2cccc(Cl)c2)c(OC)c1OC. The third-order valence-electron chi connectivity index (χ3n) is 3.28. The van der Waals surface area contributed by atoms with Gasteiger partial charge in [0.15, 0.2) is 11.5 Å². The maximum Gasteiger partial charge on any atom is 0.203 e. The molecule has 0 saturated carbocycles. The topological polar surface area (TPSA) is 53.7 Å². The van der Waals surface area contributed by atoms with E-state index in [0.29, 0.717) is 22.3 Å². The smallest absolute Gasteiger partial charge is 0.203 e. The minimum absolute atomic E-state index is 0.376. The predicted octanol–water partition coefficient (Wildman–Crippen LogP) is 3.41. The molecule has 0 aliphatic carbocycles. The Hall–Kier alpha value is -1.91. The first-order valence-electron chi connectivity index (χ1n) is 6.42. The lowest BCUT2D eigenvalue weighted by Crippen LogP contribution is -2.13. The van der Waals surface area contributed by atoms with Gasteiger partial charge in [-0.3, -0.25) is 0 Å². The van der Waals surface area contributed by atoms with Crippen molar-refractivity contribution >= 4 is 11.6 Å². The Morgan fingerprint density at radius 3 is 2.24 bits per heavy atom. The summed E-state index contributed by atoms with van der Waals surface area (Å²) in [6.07, 6.45) is 0. The van der Waals surface area contributed by atoms with E-state index in [1.807, 2.05) is 30.3 Å². The molecule has 2 aromatic rings. The van der Waals surface area contributed by atoms with Crippen molar-refractivity contribution in [3.63, 3.8) is 0 Å². The van der Waals surface area contributed by atoms with E-state index < -0.39 is 0 Å². The molecular formula is C16H18ClNO3. The van der Waals surface area contributed by atoms with Crippen LogP contribution in [0.15, 0.2) is 36.4 Å². The second kappa shape index (κ2) is 6.70. The Labute approximate surface area is 129 Å². The van der Waals surface area contributed by atoms with Gasteiger partial charge in [-0.05, 0) is 29.8 Å². The van der Waals surface area contributed by atoms with Crippen LogP contribution in [0.2, 0.25) is 5.02 Å². The van der Waals surface area contributed by atoms with E-state index >= 15 is 0 Å². The molecular weight excluding hydrogens is 290 g/mol. The lowest BCUT2D eigenvalue weighted by Gasteiger charge is -2.20. The molecule has 112 valence electrons. The van der Waals surface area contributed by atoms with Gasteiger partial charge in [0.25, 0.3) is 0 Å². The minimum atomic E-state index is -0.376. The van der Waals surface area contributed by atoms with Gasteiger partial charge in [0.2, 0.25) is 5.75 Å². The van der Waals surface area contributed by atoms with Crippen LogP contribution in [0.4, 0.5) is 0 Å². The van der Waals surface area contributed by atoms with Crippen LogP contribution < -0.4 is 19.9 Å². The summed E-state index contributed by atoms with van der Waals surface area (Å²) >= 11 is 6.02. The molecule has 0 radical (unpaired) electrons. The first kappa shape index (κ1) is 15.5. The number of benzene rings is 2. The fraction of sp³-hybridized carbons (Fsp3) is 0.250. The Morgan fingerprint density at radius 2 is 1.67 bits per heavy atom. The molecule has 5 heteroatoms. The quantitative estimate of drug-likeness (QED) is 0.919. The molecule has 2 N–H and O–H groups in total. The maximum absolute atomic E-state index is 6.34. The van der Waals surface area contributed by atoms with E-state index in [1.165, 1.54) is 0 Å². The number of rotatable bonds is 5. The van der Waals surface area contributed by atoms with Crippen molar-refractivity contribution in [1.82, 2.24) is 0 Å². The molecule has 0 heterocycles. The molecule has 0 aliphatic heterocycles. The van der Waals surface area contributed by atoms with Gasteiger partial charge >= 0.3 is 0 Å². The van der Waals surface area contributed by atoms with Gasteiger partial charge < -0.3 is 19.9 Å². The molecule has 0 aliphatic rings. The minimum Gasteiger partial charge on any atom is -0.493 e. The van der Waals surface area contributed by atoms with Crippen LogP contribution in [0.1, 0.15) is 17.2 Å². The summed E-state index contributed by atoms with van der Waals surface area (Å²) in [6.45, 7) is 0. The van der Waals surface area contributed by atoms with Crippen LogP contribution in [0, 0.1) is 0 Å². The molecule has 1 atom stereocenters.